The molecule has 2 unspecified atom stereocenters. The first-order valence-corrected chi connectivity index (χ1v) is 7.65. The third kappa shape index (κ3) is 3.26. The van der Waals surface area contributed by atoms with Gasteiger partial charge < -0.3 is 0 Å². The second kappa shape index (κ2) is 5.21. The Kier molecular flexibility index (Phi) is 4.02. The van der Waals surface area contributed by atoms with E-state index < -0.39 is 0 Å². The van der Waals surface area contributed by atoms with Gasteiger partial charge in [-0.15, -0.1) is 0 Å². The van der Waals surface area contributed by atoms with Gasteiger partial charge in [-0.3, -0.25) is 5.32 Å². The van der Waals surface area contributed by atoms with E-state index in [1.165, 1.54) is 38.5 Å². The summed E-state index contributed by atoms with van der Waals surface area (Å²) in [6.07, 6.45) is 10.4. The van der Waals surface area contributed by atoms with E-state index in [1.807, 2.05) is 0 Å². The molecule has 2 heteroatoms. The van der Waals surface area contributed by atoms with Crippen molar-refractivity contribution in [2.45, 2.75) is 83.2 Å². The van der Waals surface area contributed by atoms with E-state index in [9.17, 15) is 5.26 Å². The molecule has 2 aliphatic carbocycles. The van der Waals surface area contributed by atoms with Gasteiger partial charge in [-0.25, -0.2) is 0 Å². The van der Waals surface area contributed by atoms with Gasteiger partial charge in [0.2, 0.25) is 0 Å². The zero-order valence-corrected chi connectivity index (χ0v) is 12.3. The molecule has 18 heavy (non-hydrogen) atoms. The molecule has 0 heterocycles. The Morgan fingerprint density at radius 2 is 1.72 bits per heavy atom. The molecule has 0 aliphatic heterocycles. The highest BCUT2D eigenvalue weighted by Gasteiger charge is 2.43. The molecule has 2 nitrogen and oxygen atoms in total. The number of hydrogen-bond acceptors (Lipinski definition) is 2. The van der Waals surface area contributed by atoms with Crippen LogP contribution < -0.4 is 5.32 Å². The molecule has 0 spiro atoms. The molecule has 2 atom stereocenters. The maximum atomic E-state index is 9.58. The van der Waals surface area contributed by atoms with E-state index in [-0.39, 0.29) is 11.1 Å². The van der Waals surface area contributed by atoms with Gasteiger partial charge in [-0.1, -0.05) is 32.1 Å². The molecule has 0 bridgehead atoms. The van der Waals surface area contributed by atoms with Crippen LogP contribution in [0.5, 0.6) is 0 Å². The van der Waals surface area contributed by atoms with Crippen molar-refractivity contribution >= 4 is 0 Å². The topological polar surface area (TPSA) is 35.8 Å². The smallest absolute Gasteiger partial charge is 0.107 e. The Bertz CT molecular complexity index is 317. The molecule has 2 rings (SSSR count). The van der Waals surface area contributed by atoms with Crippen molar-refractivity contribution in [3.05, 3.63) is 0 Å². The molecule has 0 aromatic heterocycles. The summed E-state index contributed by atoms with van der Waals surface area (Å²) in [6, 6.07) is 2.59. The summed E-state index contributed by atoms with van der Waals surface area (Å²) in [5.41, 5.74) is -0.211. The minimum absolute atomic E-state index is 0.0389. The molecule has 2 fully saturated rings. The van der Waals surface area contributed by atoms with Crippen LogP contribution >= 0.6 is 0 Å². The van der Waals surface area contributed by atoms with Crippen LogP contribution in [-0.4, -0.2) is 11.1 Å². The largest absolute Gasteiger partial charge is 0.295 e. The predicted octanol–water partition coefficient (Wildman–Crippen LogP) is 4.02. The molecule has 2 saturated carbocycles. The van der Waals surface area contributed by atoms with Crippen LogP contribution in [0.1, 0.15) is 72.1 Å². The van der Waals surface area contributed by atoms with Crippen LogP contribution in [0.4, 0.5) is 0 Å². The highest BCUT2D eigenvalue weighted by Crippen LogP contribution is 2.44. The maximum Gasteiger partial charge on any atom is 0.107 e. The van der Waals surface area contributed by atoms with Gasteiger partial charge in [0.15, 0.2) is 0 Å². The van der Waals surface area contributed by atoms with Crippen molar-refractivity contribution < 1.29 is 0 Å². The zero-order valence-electron chi connectivity index (χ0n) is 12.3. The number of nitrogens with one attached hydrogen (secondary N) is 1. The fourth-order valence-electron chi connectivity index (χ4n) is 4.05. The van der Waals surface area contributed by atoms with Crippen molar-refractivity contribution in [2.75, 3.05) is 0 Å². The summed E-state index contributed by atoms with van der Waals surface area (Å²) in [4.78, 5) is 0. The van der Waals surface area contributed by atoms with Crippen LogP contribution in [-0.2, 0) is 0 Å². The lowest BCUT2D eigenvalue weighted by atomic mass is 9.78. The summed E-state index contributed by atoms with van der Waals surface area (Å²) in [5, 5.41) is 13.2. The van der Waals surface area contributed by atoms with E-state index in [4.69, 9.17) is 0 Å². The second-order valence-corrected chi connectivity index (χ2v) is 7.47. The molecular formula is C16H28N2. The third-order valence-corrected chi connectivity index (χ3v) is 4.70. The lowest BCUT2D eigenvalue weighted by molar-refractivity contribution is 0.231. The lowest BCUT2D eigenvalue weighted by Gasteiger charge is -2.33. The van der Waals surface area contributed by atoms with Gasteiger partial charge in [-0.2, -0.15) is 5.26 Å². The second-order valence-electron chi connectivity index (χ2n) is 7.47. The zero-order chi connectivity index (χ0) is 13.2. The SMILES string of the molecule is CC(C)(C)NC1(C#N)CCC(C2CCCCC2)C1. The average Bonchev–Trinajstić information content (AvgIpc) is 2.73. The summed E-state index contributed by atoms with van der Waals surface area (Å²) in [5.74, 6) is 1.69. The summed E-state index contributed by atoms with van der Waals surface area (Å²) in [7, 11) is 0. The third-order valence-electron chi connectivity index (χ3n) is 4.70. The molecule has 102 valence electrons. The van der Waals surface area contributed by atoms with E-state index in [1.54, 1.807) is 0 Å². The van der Waals surface area contributed by atoms with Gasteiger partial charge in [-0.05, 0) is 51.9 Å². The molecular weight excluding hydrogens is 220 g/mol. The summed E-state index contributed by atoms with van der Waals surface area (Å²) < 4.78 is 0. The van der Waals surface area contributed by atoms with Gasteiger partial charge in [0, 0.05) is 5.54 Å². The van der Waals surface area contributed by atoms with Gasteiger partial charge in [0.25, 0.3) is 0 Å². The van der Waals surface area contributed by atoms with Crippen molar-refractivity contribution in [1.82, 2.24) is 5.32 Å². The Balaban J connectivity index is 1.98. The fourth-order valence-corrected chi connectivity index (χ4v) is 4.05. The van der Waals surface area contributed by atoms with Crippen molar-refractivity contribution in [3.63, 3.8) is 0 Å². The summed E-state index contributed by atoms with van der Waals surface area (Å²) in [6.45, 7) is 6.50. The molecule has 0 amide bonds. The molecule has 0 radical (unpaired) electrons. The summed E-state index contributed by atoms with van der Waals surface area (Å²) >= 11 is 0. The normalized spacial score (nSPS) is 34.4. The van der Waals surface area contributed by atoms with Gasteiger partial charge in [0.05, 0.1) is 6.07 Å². The molecule has 0 saturated heterocycles. The van der Waals surface area contributed by atoms with E-state index in [0.717, 1.165) is 24.7 Å². The highest BCUT2D eigenvalue weighted by atomic mass is 15.0. The van der Waals surface area contributed by atoms with Gasteiger partial charge >= 0.3 is 0 Å². The fraction of sp³-hybridized carbons (Fsp3) is 0.938. The van der Waals surface area contributed by atoms with Gasteiger partial charge in [0.1, 0.15) is 5.54 Å². The minimum Gasteiger partial charge on any atom is -0.295 e. The maximum absolute atomic E-state index is 9.58. The Morgan fingerprint density at radius 3 is 2.28 bits per heavy atom. The number of rotatable bonds is 2. The van der Waals surface area contributed by atoms with E-state index >= 15 is 0 Å². The van der Waals surface area contributed by atoms with Crippen molar-refractivity contribution in [1.29, 1.82) is 5.26 Å². The lowest BCUT2D eigenvalue weighted by Crippen LogP contribution is -2.52. The Labute approximate surface area is 112 Å². The highest BCUT2D eigenvalue weighted by molar-refractivity contribution is 5.14. The first kappa shape index (κ1) is 13.9. The number of hydrogen-bond donors (Lipinski definition) is 1. The van der Waals surface area contributed by atoms with E-state index in [2.05, 4.69) is 32.2 Å². The number of nitriles is 1. The first-order valence-electron chi connectivity index (χ1n) is 7.65. The van der Waals surface area contributed by atoms with Crippen LogP contribution in [0.3, 0.4) is 0 Å². The van der Waals surface area contributed by atoms with Crippen LogP contribution in [0.25, 0.3) is 0 Å². The molecule has 1 N–H and O–H groups in total. The molecule has 0 aromatic rings. The van der Waals surface area contributed by atoms with Crippen molar-refractivity contribution in [3.8, 4) is 6.07 Å². The monoisotopic (exact) mass is 248 g/mol. The predicted molar refractivity (Wildman–Crippen MR) is 75.1 cm³/mol. The molecule has 0 aromatic carbocycles. The Morgan fingerprint density at radius 1 is 1.06 bits per heavy atom. The molecule has 2 aliphatic rings. The van der Waals surface area contributed by atoms with Crippen LogP contribution in [0.2, 0.25) is 0 Å². The quantitative estimate of drug-likeness (QED) is 0.801. The van der Waals surface area contributed by atoms with Crippen molar-refractivity contribution in [2.24, 2.45) is 11.8 Å². The van der Waals surface area contributed by atoms with Crippen LogP contribution in [0, 0.1) is 23.2 Å². The van der Waals surface area contributed by atoms with Crippen LogP contribution in [0.15, 0.2) is 0 Å². The first-order chi connectivity index (χ1) is 8.44. The minimum atomic E-state index is -0.250. The Hall–Kier alpha value is -0.550. The standard InChI is InChI=1S/C16H28N2/c1-15(2,3)18-16(12-17)10-9-14(11-16)13-7-5-4-6-8-13/h13-14,18H,4-11H2,1-3H3. The number of nitrogens with zero attached hydrogens (tertiary/aromatic N) is 1. The van der Waals surface area contributed by atoms with E-state index in [0.29, 0.717) is 0 Å². The average molecular weight is 248 g/mol.